The Kier molecular flexibility index (Phi) is 6.67. The maximum atomic E-state index is 11.9. The van der Waals surface area contributed by atoms with Gasteiger partial charge >= 0.3 is 0 Å². The summed E-state index contributed by atoms with van der Waals surface area (Å²) in [6.07, 6.45) is 1.51. The molecule has 0 heterocycles. The summed E-state index contributed by atoms with van der Waals surface area (Å²) < 4.78 is 11.2. The lowest BCUT2D eigenvalue weighted by molar-refractivity contribution is -0.384. The van der Waals surface area contributed by atoms with Crippen LogP contribution in [0.25, 0.3) is 0 Å². The maximum absolute atomic E-state index is 11.9. The summed E-state index contributed by atoms with van der Waals surface area (Å²) in [5, 5.41) is 14.5. The lowest BCUT2D eigenvalue weighted by Crippen LogP contribution is -2.19. The number of benzene rings is 2. The molecule has 0 bridgehead atoms. The minimum Gasteiger partial charge on any atom is -0.496 e. The molecular formula is C17H16BrN3O5. The number of methoxy groups -OCH3 is 2. The number of nitrogens with one attached hydrogen (secondary N) is 1. The number of carbonyl (C=O) groups is 1. The van der Waals surface area contributed by atoms with Gasteiger partial charge in [0, 0.05) is 23.8 Å². The number of amides is 1. The standard InChI is InChI=1S/C17H16BrN3O5/c1-25-15-9-16(26-2)14(18)8-12(15)10-19-20-17(22)7-11-3-5-13(6-4-11)21(23)24/h3-6,8-10H,7H2,1-2H3,(H,20,22)/b19-10-. The van der Waals surface area contributed by atoms with Crippen LogP contribution >= 0.6 is 15.9 Å². The van der Waals surface area contributed by atoms with Gasteiger partial charge in [-0.3, -0.25) is 14.9 Å². The van der Waals surface area contributed by atoms with Gasteiger partial charge in [-0.1, -0.05) is 12.1 Å². The van der Waals surface area contributed by atoms with E-state index in [-0.39, 0.29) is 18.0 Å². The Labute approximate surface area is 158 Å². The molecule has 26 heavy (non-hydrogen) atoms. The first-order valence-corrected chi connectivity index (χ1v) is 8.20. The number of non-ortho nitro benzene ring substituents is 1. The van der Waals surface area contributed by atoms with E-state index in [4.69, 9.17) is 9.47 Å². The third kappa shape index (κ3) is 5.03. The third-order valence-electron chi connectivity index (χ3n) is 3.41. The highest BCUT2D eigenvalue weighted by Gasteiger charge is 2.09. The Bertz CT molecular complexity index is 837. The minimum absolute atomic E-state index is 0.0237. The van der Waals surface area contributed by atoms with Gasteiger partial charge in [-0.05, 0) is 27.6 Å². The number of hydrogen-bond acceptors (Lipinski definition) is 6. The van der Waals surface area contributed by atoms with Gasteiger partial charge in [0.15, 0.2) is 0 Å². The largest absolute Gasteiger partial charge is 0.496 e. The highest BCUT2D eigenvalue weighted by Crippen LogP contribution is 2.31. The SMILES string of the molecule is COc1cc(OC)c(/C=N\NC(=O)Cc2ccc([N+](=O)[O-])cc2)cc1Br. The minimum atomic E-state index is -0.492. The van der Waals surface area contributed by atoms with Crippen LogP contribution in [0.1, 0.15) is 11.1 Å². The summed E-state index contributed by atoms with van der Waals surface area (Å²) in [7, 11) is 3.07. The Hall–Kier alpha value is -2.94. The fraction of sp³-hybridized carbons (Fsp3) is 0.176. The van der Waals surface area contributed by atoms with Gasteiger partial charge in [-0.2, -0.15) is 5.10 Å². The average molecular weight is 422 g/mol. The van der Waals surface area contributed by atoms with Crippen molar-refractivity contribution in [2.45, 2.75) is 6.42 Å². The lowest BCUT2D eigenvalue weighted by Gasteiger charge is -2.09. The van der Waals surface area contributed by atoms with E-state index in [1.54, 1.807) is 19.2 Å². The van der Waals surface area contributed by atoms with E-state index < -0.39 is 4.92 Å². The number of ether oxygens (including phenoxy) is 2. The summed E-state index contributed by atoms with van der Waals surface area (Å²) >= 11 is 3.37. The molecular weight excluding hydrogens is 406 g/mol. The van der Waals surface area contributed by atoms with E-state index in [0.717, 1.165) is 4.47 Å². The number of carbonyl (C=O) groups excluding carboxylic acids is 1. The van der Waals surface area contributed by atoms with Crippen LogP contribution in [-0.4, -0.2) is 31.3 Å². The van der Waals surface area contributed by atoms with Gasteiger partial charge in [0.2, 0.25) is 5.91 Å². The fourth-order valence-electron chi connectivity index (χ4n) is 2.12. The summed E-state index contributed by atoms with van der Waals surface area (Å²) in [5.74, 6) is 0.807. The predicted octanol–water partition coefficient (Wildman–Crippen LogP) is 3.07. The smallest absolute Gasteiger partial charge is 0.269 e. The van der Waals surface area contributed by atoms with Gasteiger partial charge < -0.3 is 9.47 Å². The first-order chi connectivity index (χ1) is 12.4. The quantitative estimate of drug-likeness (QED) is 0.420. The zero-order chi connectivity index (χ0) is 19.1. The first kappa shape index (κ1) is 19.4. The number of nitro benzene ring substituents is 1. The Morgan fingerprint density at radius 3 is 2.46 bits per heavy atom. The van der Waals surface area contributed by atoms with Gasteiger partial charge in [0.25, 0.3) is 5.69 Å². The van der Waals surface area contributed by atoms with Crippen molar-refractivity contribution in [3.05, 3.63) is 62.1 Å². The Morgan fingerprint density at radius 2 is 1.88 bits per heavy atom. The molecule has 0 aliphatic heterocycles. The Morgan fingerprint density at radius 1 is 1.23 bits per heavy atom. The van der Waals surface area contributed by atoms with E-state index in [1.807, 2.05) is 0 Å². The average Bonchev–Trinajstić information content (AvgIpc) is 2.62. The summed E-state index contributed by atoms with van der Waals surface area (Å²) in [6.45, 7) is 0. The van der Waals surface area contributed by atoms with Crippen molar-refractivity contribution in [3.63, 3.8) is 0 Å². The molecule has 2 aromatic carbocycles. The highest BCUT2D eigenvalue weighted by atomic mass is 79.9. The van der Waals surface area contributed by atoms with Crippen LogP contribution in [0.5, 0.6) is 11.5 Å². The molecule has 0 aromatic heterocycles. The van der Waals surface area contributed by atoms with E-state index in [9.17, 15) is 14.9 Å². The Balaban J connectivity index is 2.00. The van der Waals surface area contributed by atoms with Crippen LogP contribution in [0, 0.1) is 10.1 Å². The molecule has 1 amide bonds. The molecule has 8 nitrogen and oxygen atoms in total. The van der Waals surface area contributed by atoms with Crippen LogP contribution < -0.4 is 14.9 Å². The molecule has 9 heteroatoms. The normalized spacial score (nSPS) is 10.6. The predicted molar refractivity (Wildman–Crippen MR) is 99.8 cm³/mol. The topological polar surface area (TPSA) is 103 Å². The van der Waals surface area contributed by atoms with Gasteiger partial charge in [-0.15, -0.1) is 0 Å². The number of halogens is 1. The van der Waals surface area contributed by atoms with Gasteiger partial charge in [0.1, 0.15) is 11.5 Å². The van der Waals surface area contributed by atoms with E-state index in [0.29, 0.717) is 22.6 Å². The summed E-state index contributed by atoms with van der Waals surface area (Å²) in [4.78, 5) is 22.0. The number of nitrogens with zero attached hydrogens (tertiary/aromatic N) is 2. The van der Waals surface area contributed by atoms with E-state index in [1.165, 1.54) is 37.6 Å². The van der Waals surface area contributed by atoms with Crippen molar-refractivity contribution >= 4 is 33.7 Å². The molecule has 0 atom stereocenters. The number of nitro groups is 1. The zero-order valence-corrected chi connectivity index (χ0v) is 15.6. The van der Waals surface area contributed by atoms with E-state index >= 15 is 0 Å². The summed E-state index contributed by atoms with van der Waals surface area (Å²) in [6, 6.07) is 9.22. The molecule has 0 saturated heterocycles. The number of rotatable bonds is 7. The second-order valence-electron chi connectivity index (χ2n) is 5.12. The van der Waals surface area contributed by atoms with Crippen molar-refractivity contribution in [1.82, 2.24) is 5.43 Å². The molecule has 136 valence electrons. The molecule has 0 saturated carbocycles. The molecule has 0 aliphatic carbocycles. The van der Waals surface area contributed by atoms with Crippen LogP contribution in [-0.2, 0) is 11.2 Å². The van der Waals surface area contributed by atoms with Crippen LogP contribution in [0.4, 0.5) is 5.69 Å². The molecule has 1 N–H and O–H groups in total. The number of hydrogen-bond donors (Lipinski definition) is 1. The lowest BCUT2D eigenvalue weighted by atomic mass is 10.1. The summed E-state index contributed by atoms with van der Waals surface area (Å²) in [5.41, 5.74) is 3.68. The molecule has 0 radical (unpaired) electrons. The second kappa shape index (κ2) is 8.95. The fourth-order valence-corrected chi connectivity index (χ4v) is 2.64. The maximum Gasteiger partial charge on any atom is 0.269 e. The third-order valence-corrected chi connectivity index (χ3v) is 4.03. The van der Waals surface area contributed by atoms with Gasteiger partial charge in [0.05, 0.1) is 36.3 Å². The number of hydrazone groups is 1. The van der Waals surface area contributed by atoms with E-state index in [2.05, 4.69) is 26.5 Å². The molecule has 0 unspecified atom stereocenters. The molecule has 2 rings (SSSR count). The zero-order valence-electron chi connectivity index (χ0n) is 14.1. The highest BCUT2D eigenvalue weighted by molar-refractivity contribution is 9.10. The van der Waals surface area contributed by atoms with Crippen molar-refractivity contribution in [1.29, 1.82) is 0 Å². The first-order valence-electron chi connectivity index (χ1n) is 7.41. The van der Waals surface area contributed by atoms with Crippen molar-refractivity contribution in [3.8, 4) is 11.5 Å². The van der Waals surface area contributed by atoms with Crippen LogP contribution in [0.2, 0.25) is 0 Å². The van der Waals surface area contributed by atoms with Crippen molar-refractivity contribution < 1.29 is 19.2 Å². The molecule has 0 aliphatic rings. The molecule has 0 spiro atoms. The second-order valence-corrected chi connectivity index (χ2v) is 5.98. The van der Waals surface area contributed by atoms with Crippen LogP contribution in [0.3, 0.4) is 0 Å². The molecule has 2 aromatic rings. The van der Waals surface area contributed by atoms with Crippen molar-refractivity contribution in [2.24, 2.45) is 5.10 Å². The van der Waals surface area contributed by atoms with Gasteiger partial charge in [-0.25, -0.2) is 5.43 Å². The monoisotopic (exact) mass is 421 g/mol. The molecule has 0 fully saturated rings. The van der Waals surface area contributed by atoms with Crippen molar-refractivity contribution in [2.75, 3.05) is 14.2 Å². The van der Waals surface area contributed by atoms with Crippen LogP contribution in [0.15, 0.2) is 46.0 Å².